The minimum atomic E-state index is -0.342. The molecule has 0 saturated carbocycles. The van der Waals surface area contributed by atoms with Gasteiger partial charge in [0.05, 0.1) is 23.2 Å². The Morgan fingerprint density at radius 2 is 1.64 bits per heavy atom. The third kappa shape index (κ3) is 3.89. The minimum absolute atomic E-state index is 0.275. The average Bonchev–Trinajstić information content (AvgIpc) is 3.18. The van der Waals surface area contributed by atoms with E-state index < -0.39 is 0 Å². The fraction of sp³-hybridized carbons (Fsp3) is 0.154. The molecule has 0 aliphatic heterocycles. The van der Waals surface area contributed by atoms with Crippen molar-refractivity contribution in [3.8, 4) is 17.1 Å². The van der Waals surface area contributed by atoms with Crippen LogP contribution in [-0.2, 0) is 18.4 Å². The smallest absolute Gasteiger partial charge is 0.338 e. The molecule has 0 amide bonds. The van der Waals surface area contributed by atoms with Crippen molar-refractivity contribution in [2.75, 3.05) is 6.61 Å². The van der Waals surface area contributed by atoms with Gasteiger partial charge >= 0.3 is 5.97 Å². The molecule has 0 aliphatic carbocycles. The molecule has 0 bridgehead atoms. The molecule has 7 nitrogen and oxygen atoms in total. The van der Waals surface area contributed by atoms with E-state index in [4.69, 9.17) is 9.47 Å². The lowest BCUT2D eigenvalue weighted by atomic mass is 10.0. The van der Waals surface area contributed by atoms with Gasteiger partial charge in [-0.1, -0.05) is 42.5 Å². The summed E-state index contributed by atoms with van der Waals surface area (Å²) in [6.07, 6.45) is 0. The van der Waals surface area contributed by atoms with Crippen LogP contribution in [0, 0.1) is 0 Å². The number of rotatable bonds is 6. The van der Waals surface area contributed by atoms with Crippen LogP contribution in [-0.4, -0.2) is 32.3 Å². The number of carbonyl (C=O) groups is 1. The molecule has 5 rings (SSSR count). The van der Waals surface area contributed by atoms with E-state index in [0.717, 1.165) is 38.9 Å². The number of carbonyl (C=O) groups excluding carboxylic acids is 1. The molecule has 2 heterocycles. The Morgan fingerprint density at radius 1 is 0.909 bits per heavy atom. The van der Waals surface area contributed by atoms with Crippen molar-refractivity contribution in [1.29, 1.82) is 0 Å². The number of fused-ring (bicyclic) bond motifs is 2. The number of hydrogen-bond acceptors (Lipinski definition) is 6. The summed E-state index contributed by atoms with van der Waals surface area (Å²) in [5.41, 5.74) is 4.05. The standard InChI is InChI=1S/C26H22N4O3/c1-3-32-26(31)18-14-12-17(13-15-18)24-19-8-4-5-9-20(19)25(29-28-24)33-16-23-27-21-10-6-7-11-22(21)30(23)2/h4-15H,3,16H2,1-2H3. The maximum atomic E-state index is 11.9. The molecule has 0 unspecified atom stereocenters. The Hall–Kier alpha value is -4.26. The zero-order chi connectivity index (χ0) is 22.8. The van der Waals surface area contributed by atoms with Gasteiger partial charge in [0.25, 0.3) is 0 Å². The largest absolute Gasteiger partial charge is 0.468 e. The van der Waals surface area contributed by atoms with E-state index in [1.54, 1.807) is 19.1 Å². The maximum Gasteiger partial charge on any atom is 0.338 e. The highest BCUT2D eigenvalue weighted by Gasteiger charge is 2.15. The highest BCUT2D eigenvalue weighted by Crippen LogP contribution is 2.31. The first-order chi connectivity index (χ1) is 16.2. The average molecular weight is 438 g/mol. The minimum Gasteiger partial charge on any atom is -0.468 e. The van der Waals surface area contributed by atoms with Crippen molar-refractivity contribution in [3.05, 3.63) is 84.2 Å². The first kappa shape index (κ1) is 20.6. The van der Waals surface area contributed by atoms with E-state index in [0.29, 0.717) is 18.1 Å². The van der Waals surface area contributed by atoms with Crippen molar-refractivity contribution in [1.82, 2.24) is 19.7 Å². The van der Waals surface area contributed by atoms with Gasteiger partial charge in [-0.3, -0.25) is 0 Å². The van der Waals surface area contributed by atoms with Crippen molar-refractivity contribution in [3.63, 3.8) is 0 Å². The maximum absolute atomic E-state index is 11.9. The highest BCUT2D eigenvalue weighted by atomic mass is 16.5. The topological polar surface area (TPSA) is 79.1 Å². The molecule has 7 heteroatoms. The number of nitrogens with zero attached hydrogens (tertiary/aromatic N) is 4. The third-order valence-corrected chi connectivity index (χ3v) is 5.54. The van der Waals surface area contributed by atoms with Gasteiger partial charge in [0, 0.05) is 23.4 Å². The van der Waals surface area contributed by atoms with Gasteiger partial charge in [-0.25, -0.2) is 9.78 Å². The van der Waals surface area contributed by atoms with Crippen molar-refractivity contribution < 1.29 is 14.3 Å². The molecule has 164 valence electrons. The quantitative estimate of drug-likeness (QED) is 0.350. The molecule has 0 N–H and O–H groups in total. The van der Waals surface area contributed by atoms with E-state index in [2.05, 4.69) is 15.2 Å². The summed E-state index contributed by atoms with van der Waals surface area (Å²) in [6, 6.07) is 23.0. The Morgan fingerprint density at radius 3 is 2.39 bits per heavy atom. The molecule has 0 radical (unpaired) electrons. The van der Waals surface area contributed by atoms with Gasteiger partial charge in [0.2, 0.25) is 5.88 Å². The lowest BCUT2D eigenvalue weighted by molar-refractivity contribution is 0.0526. The van der Waals surface area contributed by atoms with Gasteiger partial charge in [-0.15, -0.1) is 10.2 Å². The first-order valence-corrected chi connectivity index (χ1v) is 10.7. The first-order valence-electron chi connectivity index (χ1n) is 10.7. The summed E-state index contributed by atoms with van der Waals surface area (Å²) in [6.45, 7) is 2.40. The van der Waals surface area contributed by atoms with Crippen LogP contribution < -0.4 is 4.74 Å². The van der Waals surface area contributed by atoms with Crippen LogP contribution in [0.1, 0.15) is 23.1 Å². The number of hydrogen-bond donors (Lipinski definition) is 0. The second-order valence-electron chi connectivity index (χ2n) is 7.56. The summed E-state index contributed by atoms with van der Waals surface area (Å²) in [5, 5.41) is 10.6. The SMILES string of the molecule is CCOC(=O)c1ccc(-c2nnc(OCc3nc4ccccc4n3C)c3ccccc23)cc1. The van der Waals surface area contributed by atoms with Crippen LogP contribution in [0.5, 0.6) is 5.88 Å². The number of benzene rings is 3. The zero-order valence-corrected chi connectivity index (χ0v) is 18.4. The Kier molecular flexibility index (Phi) is 5.44. The van der Waals surface area contributed by atoms with Crippen LogP contribution in [0.2, 0.25) is 0 Å². The van der Waals surface area contributed by atoms with Gasteiger partial charge < -0.3 is 14.0 Å². The van der Waals surface area contributed by atoms with Gasteiger partial charge in [-0.2, -0.15) is 0 Å². The van der Waals surface area contributed by atoms with Crippen molar-refractivity contribution in [2.45, 2.75) is 13.5 Å². The summed E-state index contributed by atoms with van der Waals surface area (Å²) in [4.78, 5) is 16.6. The van der Waals surface area contributed by atoms with Crippen molar-refractivity contribution in [2.24, 2.45) is 7.05 Å². The Labute approximate surface area is 190 Å². The molecule has 0 saturated heterocycles. The van der Waals surface area contributed by atoms with E-state index >= 15 is 0 Å². The van der Waals surface area contributed by atoms with Crippen LogP contribution in [0.4, 0.5) is 0 Å². The number of ether oxygens (including phenoxy) is 2. The molecular formula is C26H22N4O3. The number of imidazole rings is 1. The fourth-order valence-corrected chi connectivity index (χ4v) is 3.84. The number of para-hydroxylation sites is 2. The van der Waals surface area contributed by atoms with Crippen LogP contribution >= 0.6 is 0 Å². The normalized spacial score (nSPS) is 11.1. The van der Waals surface area contributed by atoms with Crippen molar-refractivity contribution >= 4 is 27.8 Å². The van der Waals surface area contributed by atoms with E-state index in [9.17, 15) is 4.79 Å². The molecule has 2 aromatic heterocycles. The molecule has 3 aromatic carbocycles. The molecule has 5 aromatic rings. The predicted molar refractivity (Wildman–Crippen MR) is 126 cm³/mol. The molecule has 0 fully saturated rings. The van der Waals surface area contributed by atoms with Gasteiger partial charge in [0.1, 0.15) is 18.1 Å². The van der Waals surface area contributed by atoms with Gasteiger partial charge in [0.15, 0.2) is 0 Å². The summed E-state index contributed by atoms with van der Waals surface area (Å²) >= 11 is 0. The number of aryl methyl sites for hydroxylation is 1. The molecular weight excluding hydrogens is 416 g/mol. The fourth-order valence-electron chi connectivity index (χ4n) is 3.84. The lowest BCUT2D eigenvalue weighted by Crippen LogP contribution is -2.06. The summed E-state index contributed by atoms with van der Waals surface area (Å²) in [7, 11) is 1.97. The van der Waals surface area contributed by atoms with E-state index in [1.165, 1.54) is 0 Å². The molecule has 33 heavy (non-hydrogen) atoms. The Bertz CT molecular complexity index is 1460. The predicted octanol–water partition coefficient (Wildman–Crippen LogP) is 4.94. The molecule has 0 aliphatic rings. The summed E-state index contributed by atoms with van der Waals surface area (Å²) in [5.74, 6) is 0.913. The third-order valence-electron chi connectivity index (χ3n) is 5.54. The van der Waals surface area contributed by atoms with Crippen LogP contribution in [0.25, 0.3) is 33.1 Å². The monoisotopic (exact) mass is 438 g/mol. The molecule has 0 atom stereocenters. The van der Waals surface area contributed by atoms with E-state index in [1.807, 2.05) is 72.3 Å². The van der Waals surface area contributed by atoms with E-state index in [-0.39, 0.29) is 12.6 Å². The highest BCUT2D eigenvalue weighted by molar-refractivity contribution is 5.97. The molecule has 0 spiro atoms. The van der Waals surface area contributed by atoms with Crippen LogP contribution in [0.3, 0.4) is 0 Å². The zero-order valence-electron chi connectivity index (χ0n) is 18.4. The summed E-state index contributed by atoms with van der Waals surface area (Å²) < 4.78 is 13.1. The second-order valence-corrected chi connectivity index (χ2v) is 7.56. The second kappa shape index (κ2) is 8.70. The number of aromatic nitrogens is 4. The Balaban J connectivity index is 1.45. The number of esters is 1. The van der Waals surface area contributed by atoms with Gasteiger partial charge in [-0.05, 0) is 37.3 Å². The lowest BCUT2D eigenvalue weighted by Gasteiger charge is -2.11. The van der Waals surface area contributed by atoms with Crippen LogP contribution in [0.15, 0.2) is 72.8 Å².